The fourth-order valence-electron chi connectivity index (χ4n) is 5.75. The summed E-state index contributed by atoms with van der Waals surface area (Å²) in [7, 11) is -4.50. The van der Waals surface area contributed by atoms with Crippen LogP contribution in [-0.4, -0.2) is 79.6 Å². The Morgan fingerprint density at radius 1 is 0.872 bits per heavy atom. The van der Waals surface area contributed by atoms with Crippen molar-refractivity contribution < 1.29 is 28.7 Å². The first-order valence-corrected chi connectivity index (χ1v) is 14.0. The Bertz CT molecular complexity index is 1550. The zero-order chi connectivity index (χ0) is 27.3. The molecule has 2 aliphatic carbocycles. The average Bonchev–Trinajstić information content (AvgIpc) is 3.68. The van der Waals surface area contributed by atoms with Crippen molar-refractivity contribution in [2.24, 2.45) is 11.8 Å². The zero-order valence-corrected chi connectivity index (χ0v) is 21.7. The van der Waals surface area contributed by atoms with Gasteiger partial charge in [-0.1, -0.05) is 0 Å². The fraction of sp³-hybridized carbons (Fsp3) is 0.545. The van der Waals surface area contributed by atoms with E-state index in [4.69, 9.17) is 20.5 Å². The molecule has 39 heavy (non-hydrogen) atoms. The number of imidazole rings is 2. The lowest BCUT2D eigenvalue weighted by molar-refractivity contribution is 0.0428. The summed E-state index contributed by atoms with van der Waals surface area (Å²) < 4.78 is 27.4. The maximum absolute atomic E-state index is 12.9. The van der Waals surface area contributed by atoms with Crippen LogP contribution >= 0.6 is 7.82 Å². The molecule has 208 valence electrons. The number of fused-ring (bicyclic) bond motifs is 2. The van der Waals surface area contributed by atoms with Crippen molar-refractivity contribution in [2.45, 2.75) is 50.0 Å². The molecule has 17 heteroatoms. The predicted molar refractivity (Wildman–Crippen MR) is 137 cm³/mol. The zero-order valence-electron chi connectivity index (χ0n) is 20.8. The highest BCUT2D eigenvalue weighted by Crippen LogP contribution is 2.51. The van der Waals surface area contributed by atoms with Gasteiger partial charge in [-0.2, -0.15) is 0 Å². The number of nitrogen functional groups attached to an aromatic ring is 2. The second-order valence-corrected chi connectivity index (χ2v) is 11.5. The van der Waals surface area contributed by atoms with Crippen LogP contribution in [0.4, 0.5) is 11.6 Å². The third kappa shape index (κ3) is 4.83. The van der Waals surface area contributed by atoms with Crippen LogP contribution in [0, 0.1) is 11.8 Å². The van der Waals surface area contributed by atoms with Gasteiger partial charge in [-0.15, -0.1) is 0 Å². The van der Waals surface area contributed by atoms with Crippen LogP contribution in [0.5, 0.6) is 0 Å². The predicted octanol–water partition coefficient (Wildman–Crippen LogP) is 0.588. The molecular weight excluding hydrogens is 531 g/mol. The summed E-state index contributed by atoms with van der Waals surface area (Å²) in [5.74, 6) is -0.291. The second-order valence-electron chi connectivity index (χ2n) is 10.1. The molecule has 0 radical (unpaired) electrons. The Balaban J connectivity index is 1.09. The van der Waals surface area contributed by atoms with Gasteiger partial charge in [-0.3, -0.25) is 9.05 Å². The van der Waals surface area contributed by atoms with Crippen LogP contribution in [0.15, 0.2) is 25.3 Å². The Kier molecular flexibility index (Phi) is 6.69. The van der Waals surface area contributed by atoms with Crippen LogP contribution in [0.25, 0.3) is 22.3 Å². The van der Waals surface area contributed by atoms with Crippen LogP contribution < -0.4 is 11.5 Å². The summed E-state index contributed by atoms with van der Waals surface area (Å²) in [6, 6.07) is -0.337. The standard InChI is InChI=1S/C22H29N10O6P/c23-19-17-21(27-7-25-19)31(9-29-17)13-2-12(15(34)3-13)6-37-39(35,36)38-16-4-14(1-11(16)5-33)32-10-30-18-20(24)26-8-28-22(18)32/h7-16,33-34H,1-6H2,(H,35,36)(H2,23,25,27)(H2,24,26,28)/t11-,12-,13-,14-,15+,16+/m1/s1. The van der Waals surface area contributed by atoms with E-state index in [2.05, 4.69) is 29.9 Å². The van der Waals surface area contributed by atoms with Crippen LogP contribution in [-0.2, 0) is 13.6 Å². The number of aliphatic hydroxyl groups is 2. The Labute approximate surface area is 221 Å². The molecule has 0 aromatic carbocycles. The van der Waals surface area contributed by atoms with Gasteiger partial charge in [-0.05, 0) is 25.7 Å². The van der Waals surface area contributed by atoms with Crippen molar-refractivity contribution in [2.75, 3.05) is 24.7 Å². The summed E-state index contributed by atoms with van der Waals surface area (Å²) in [6.07, 6.45) is 6.07. The largest absolute Gasteiger partial charge is 0.472 e. The summed E-state index contributed by atoms with van der Waals surface area (Å²) in [4.78, 5) is 35.5. The Morgan fingerprint density at radius 3 is 2.03 bits per heavy atom. The van der Waals surface area contributed by atoms with Gasteiger partial charge in [0.25, 0.3) is 0 Å². The molecule has 0 spiro atoms. The van der Waals surface area contributed by atoms with Gasteiger partial charge in [-0.25, -0.2) is 34.5 Å². The molecule has 6 rings (SSSR count). The normalized spacial score (nSPS) is 28.9. The molecule has 0 amide bonds. The lowest BCUT2D eigenvalue weighted by Crippen LogP contribution is -2.22. The van der Waals surface area contributed by atoms with Crippen LogP contribution in [0.2, 0.25) is 0 Å². The number of nitrogens with two attached hydrogens (primary N) is 2. The quantitative estimate of drug-likeness (QED) is 0.185. The number of nitrogens with zero attached hydrogens (tertiary/aromatic N) is 8. The lowest BCUT2D eigenvalue weighted by Gasteiger charge is -2.22. The summed E-state index contributed by atoms with van der Waals surface area (Å²) >= 11 is 0. The van der Waals surface area contributed by atoms with Crippen molar-refractivity contribution in [1.82, 2.24) is 39.0 Å². The molecule has 2 fully saturated rings. The lowest BCUT2D eigenvalue weighted by atomic mass is 10.1. The summed E-state index contributed by atoms with van der Waals surface area (Å²) in [5.41, 5.74) is 13.8. The van der Waals surface area contributed by atoms with E-state index in [1.807, 2.05) is 9.13 Å². The number of phosphoric acid groups is 1. The molecule has 2 aliphatic rings. The topological polar surface area (TPSA) is 235 Å². The van der Waals surface area contributed by atoms with Gasteiger partial charge in [0.15, 0.2) is 22.9 Å². The molecule has 0 saturated heterocycles. The van der Waals surface area contributed by atoms with Gasteiger partial charge >= 0.3 is 7.82 Å². The minimum Gasteiger partial charge on any atom is -0.396 e. The Hall–Kier alpha value is -3.27. The molecule has 1 unspecified atom stereocenters. The summed E-state index contributed by atoms with van der Waals surface area (Å²) in [6.45, 7) is -0.418. The number of phosphoric ester groups is 1. The first kappa shape index (κ1) is 26.0. The minimum absolute atomic E-state index is 0.149. The second kappa shape index (κ2) is 10.0. The molecule has 0 aliphatic heterocycles. The molecular formula is C22H29N10O6P. The highest BCUT2D eigenvalue weighted by Gasteiger charge is 2.42. The molecule has 7 atom stereocenters. The third-order valence-corrected chi connectivity index (χ3v) is 8.77. The fourth-order valence-corrected chi connectivity index (χ4v) is 6.79. The van der Waals surface area contributed by atoms with E-state index in [0.717, 1.165) is 0 Å². The van der Waals surface area contributed by atoms with Gasteiger partial charge in [0.1, 0.15) is 23.7 Å². The van der Waals surface area contributed by atoms with Gasteiger partial charge in [0, 0.05) is 30.5 Å². The average molecular weight is 561 g/mol. The molecule has 0 bridgehead atoms. The van der Waals surface area contributed by atoms with Crippen LogP contribution in [0.1, 0.15) is 37.8 Å². The van der Waals surface area contributed by atoms with E-state index in [0.29, 0.717) is 48.0 Å². The van der Waals surface area contributed by atoms with Crippen molar-refractivity contribution in [1.29, 1.82) is 0 Å². The van der Waals surface area contributed by atoms with E-state index in [1.54, 1.807) is 12.7 Å². The first-order valence-electron chi connectivity index (χ1n) is 12.5. The van der Waals surface area contributed by atoms with E-state index < -0.39 is 31.9 Å². The number of rotatable bonds is 8. The number of hydrogen-bond acceptors (Lipinski definition) is 13. The highest BCUT2D eigenvalue weighted by atomic mass is 31.2. The van der Waals surface area contributed by atoms with Gasteiger partial charge in [0.05, 0.1) is 31.5 Å². The molecule has 16 nitrogen and oxygen atoms in total. The smallest absolute Gasteiger partial charge is 0.396 e. The number of aromatic nitrogens is 8. The van der Waals surface area contributed by atoms with Crippen molar-refractivity contribution in [3.05, 3.63) is 25.3 Å². The number of hydrogen-bond donors (Lipinski definition) is 5. The third-order valence-electron chi connectivity index (χ3n) is 7.75. The van der Waals surface area contributed by atoms with Crippen molar-refractivity contribution in [3.8, 4) is 0 Å². The number of anilines is 2. The molecule has 2 saturated carbocycles. The molecule has 4 aromatic heterocycles. The van der Waals surface area contributed by atoms with E-state index in [9.17, 15) is 19.7 Å². The van der Waals surface area contributed by atoms with E-state index >= 15 is 0 Å². The van der Waals surface area contributed by atoms with Gasteiger partial charge < -0.3 is 35.7 Å². The highest BCUT2D eigenvalue weighted by molar-refractivity contribution is 7.47. The maximum atomic E-state index is 12.9. The maximum Gasteiger partial charge on any atom is 0.472 e. The van der Waals surface area contributed by atoms with E-state index in [-0.39, 0.29) is 36.9 Å². The van der Waals surface area contributed by atoms with Gasteiger partial charge in [0.2, 0.25) is 0 Å². The number of aliphatic hydroxyl groups excluding tert-OH is 2. The first-order chi connectivity index (χ1) is 18.7. The minimum atomic E-state index is -4.50. The SMILES string of the molecule is Nc1ncnc2c1ncn2[C@@H]1C[C@H](CO)[C@@H](OP(=O)(O)OC[C@H]2C[C@@H](n3cnc4c(N)ncnc43)C[C@@H]2O)C1. The Morgan fingerprint density at radius 2 is 1.44 bits per heavy atom. The molecule has 4 heterocycles. The van der Waals surface area contributed by atoms with E-state index in [1.165, 1.54) is 12.7 Å². The van der Waals surface area contributed by atoms with Crippen molar-refractivity contribution in [3.63, 3.8) is 0 Å². The molecule has 4 aromatic rings. The molecule has 7 N–H and O–H groups in total. The summed E-state index contributed by atoms with van der Waals surface area (Å²) in [5, 5.41) is 20.6. The monoisotopic (exact) mass is 560 g/mol. The van der Waals surface area contributed by atoms with Crippen LogP contribution in [0.3, 0.4) is 0 Å². The van der Waals surface area contributed by atoms with Crippen molar-refractivity contribution >= 4 is 41.8 Å².